The molecule has 0 aromatic carbocycles. The average molecular weight is 98.1 g/mol. The molecule has 2 bridgehead atoms. The van der Waals surface area contributed by atoms with Crippen LogP contribution in [0.15, 0.2) is 10.2 Å². The Morgan fingerprint density at radius 3 is 2.14 bits per heavy atom. The van der Waals surface area contributed by atoms with Gasteiger partial charge in [0.1, 0.15) is 0 Å². The SMILES string of the molecule is [2H][C@@H]1[C@H]([2H])[C@@H]2C[C@H]1N=N2. The smallest absolute Gasteiger partial charge is 0.0730 e. The number of hydrogen-bond donors (Lipinski definition) is 0. The molecule has 2 aliphatic rings. The molecular weight excluding hydrogens is 88.1 g/mol. The van der Waals surface area contributed by atoms with Crippen molar-refractivity contribution in [2.45, 2.75) is 31.3 Å². The Hall–Kier alpha value is -0.400. The molecule has 38 valence electrons. The Labute approximate surface area is 45.4 Å². The van der Waals surface area contributed by atoms with E-state index in [1.54, 1.807) is 0 Å². The van der Waals surface area contributed by atoms with Crippen LogP contribution in [0.3, 0.4) is 0 Å². The fourth-order valence-corrected chi connectivity index (χ4v) is 1.00. The monoisotopic (exact) mass is 98.1 g/mol. The first kappa shape index (κ1) is 2.25. The molecular formula is C5H8N2. The van der Waals surface area contributed by atoms with Crippen LogP contribution in [0.25, 0.3) is 0 Å². The van der Waals surface area contributed by atoms with Crippen molar-refractivity contribution in [3.8, 4) is 0 Å². The lowest BCUT2D eigenvalue weighted by Gasteiger charge is -1.95. The van der Waals surface area contributed by atoms with E-state index in [2.05, 4.69) is 10.2 Å². The molecule has 0 aromatic rings. The molecule has 1 fully saturated rings. The van der Waals surface area contributed by atoms with Gasteiger partial charge in [-0.25, -0.2) is 0 Å². The van der Waals surface area contributed by atoms with E-state index in [0.717, 1.165) is 6.42 Å². The summed E-state index contributed by atoms with van der Waals surface area (Å²) in [5.41, 5.74) is 0. The van der Waals surface area contributed by atoms with E-state index in [1.165, 1.54) is 0 Å². The van der Waals surface area contributed by atoms with Crippen LogP contribution in [0, 0.1) is 0 Å². The molecule has 0 saturated heterocycles. The molecule has 0 aromatic heterocycles. The van der Waals surface area contributed by atoms with E-state index in [4.69, 9.17) is 2.74 Å². The van der Waals surface area contributed by atoms with E-state index in [1.807, 2.05) is 0 Å². The van der Waals surface area contributed by atoms with Crippen molar-refractivity contribution in [1.29, 1.82) is 0 Å². The van der Waals surface area contributed by atoms with Gasteiger partial charge in [-0.15, -0.1) is 0 Å². The van der Waals surface area contributed by atoms with Crippen molar-refractivity contribution in [3.63, 3.8) is 0 Å². The molecule has 2 nitrogen and oxygen atoms in total. The summed E-state index contributed by atoms with van der Waals surface area (Å²) in [6.07, 6.45) is 0.252. The zero-order chi connectivity index (χ0) is 6.43. The molecule has 0 N–H and O–H groups in total. The zero-order valence-electron chi connectivity index (χ0n) is 5.91. The van der Waals surface area contributed by atoms with Crippen LogP contribution < -0.4 is 0 Å². The molecule has 0 spiro atoms. The molecule has 0 radical (unpaired) electrons. The number of nitrogens with zero attached hydrogens (tertiary/aromatic N) is 2. The molecule has 1 saturated carbocycles. The van der Waals surface area contributed by atoms with Crippen LogP contribution in [-0.2, 0) is 0 Å². The maximum Gasteiger partial charge on any atom is 0.0730 e. The minimum absolute atomic E-state index is 0.0532. The van der Waals surface area contributed by atoms with Gasteiger partial charge in [0, 0.05) is 2.74 Å². The summed E-state index contributed by atoms with van der Waals surface area (Å²) in [5.74, 6) is 0. The van der Waals surface area contributed by atoms with Gasteiger partial charge in [0.05, 0.1) is 12.1 Å². The minimum Gasteiger partial charge on any atom is -0.190 e. The number of azo groups is 1. The summed E-state index contributed by atoms with van der Waals surface area (Å²) < 4.78 is 14.8. The van der Waals surface area contributed by atoms with Crippen molar-refractivity contribution in [3.05, 3.63) is 0 Å². The van der Waals surface area contributed by atoms with Crippen LogP contribution in [-0.4, -0.2) is 12.1 Å². The highest BCUT2D eigenvalue weighted by Crippen LogP contribution is 2.30. The lowest BCUT2D eigenvalue weighted by molar-refractivity contribution is 0.643. The van der Waals surface area contributed by atoms with Gasteiger partial charge in [-0.1, -0.05) is 0 Å². The van der Waals surface area contributed by atoms with Crippen LogP contribution in [0.5, 0.6) is 0 Å². The van der Waals surface area contributed by atoms with Gasteiger partial charge in [-0.3, -0.25) is 0 Å². The second-order valence-corrected chi connectivity index (χ2v) is 1.99. The molecule has 7 heavy (non-hydrogen) atoms. The third-order valence-electron chi connectivity index (χ3n) is 1.40. The summed E-state index contributed by atoms with van der Waals surface area (Å²) >= 11 is 0. The van der Waals surface area contributed by atoms with E-state index in [9.17, 15) is 0 Å². The predicted octanol–water partition coefficient (Wildman–Crippen LogP) is 1.37. The van der Waals surface area contributed by atoms with E-state index < -0.39 is 0 Å². The highest BCUT2D eigenvalue weighted by atomic mass is 15.2. The molecule has 4 atom stereocenters. The van der Waals surface area contributed by atoms with Gasteiger partial charge in [0.2, 0.25) is 0 Å². The summed E-state index contributed by atoms with van der Waals surface area (Å²) in [6, 6.07) is 0.106. The Balaban J connectivity index is 2.26. The molecule has 1 aliphatic carbocycles. The lowest BCUT2D eigenvalue weighted by atomic mass is 10.3. The lowest BCUT2D eigenvalue weighted by Crippen LogP contribution is -1.89. The summed E-state index contributed by atoms with van der Waals surface area (Å²) in [4.78, 5) is 0. The second-order valence-electron chi connectivity index (χ2n) is 1.99. The third-order valence-corrected chi connectivity index (χ3v) is 1.40. The quantitative estimate of drug-likeness (QED) is 0.437. The van der Waals surface area contributed by atoms with Crippen LogP contribution in [0.4, 0.5) is 0 Å². The molecule has 0 amide bonds. The highest BCUT2D eigenvalue weighted by Gasteiger charge is 2.28. The Morgan fingerprint density at radius 2 is 1.86 bits per heavy atom. The topological polar surface area (TPSA) is 24.7 Å². The molecule has 1 heterocycles. The molecule has 1 aliphatic heterocycles. The van der Waals surface area contributed by atoms with E-state index in [0.29, 0.717) is 0 Å². The van der Waals surface area contributed by atoms with Gasteiger partial charge in [-0.05, 0) is 19.2 Å². The van der Waals surface area contributed by atoms with Crippen molar-refractivity contribution in [2.24, 2.45) is 10.2 Å². The fraction of sp³-hybridized carbons (Fsp3) is 1.00. The normalized spacial score (nSPS) is 70.9. The largest absolute Gasteiger partial charge is 0.190 e. The summed E-state index contributed by atoms with van der Waals surface area (Å²) in [7, 11) is 0. The fourth-order valence-electron chi connectivity index (χ4n) is 1.00. The van der Waals surface area contributed by atoms with Crippen molar-refractivity contribution in [2.75, 3.05) is 0 Å². The van der Waals surface area contributed by atoms with E-state index in [-0.39, 0.29) is 24.9 Å². The number of fused-ring (bicyclic) bond motifs is 2. The Kier molecular flexibility index (Phi) is 0.338. The number of hydrogen-bond acceptors (Lipinski definition) is 2. The van der Waals surface area contributed by atoms with Gasteiger partial charge in [0.15, 0.2) is 0 Å². The predicted molar refractivity (Wildman–Crippen MR) is 26.3 cm³/mol. The Bertz CT molecular complexity index is 143. The van der Waals surface area contributed by atoms with Gasteiger partial charge < -0.3 is 0 Å². The van der Waals surface area contributed by atoms with E-state index >= 15 is 0 Å². The standard InChI is InChI=1S/C5H8N2/c1-2-5-3-4(1)6-7-5/h4-5H,1-3H2/t4-,5+/i1D,2D/t1-,2+,4+,5-. The number of rotatable bonds is 0. The molecule has 2 heteroatoms. The average Bonchev–Trinajstić information content (AvgIpc) is 2.37. The summed E-state index contributed by atoms with van der Waals surface area (Å²) in [5, 5.41) is 7.71. The molecule has 2 rings (SSSR count). The van der Waals surface area contributed by atoms with Crippen molar-refractivity contribution < 1.29 is 2.74 Å². The first-order valence-electron chi connectivity index (χ1n) is 3.69. The maximum absolute atomic E-state index is 7.38. The summed E-state index contributed by atoms with van der Waals surface area (Å²) in [6.45, 7) is 0. The first-order chi connectivity index (χ1) is 4.29. The highest BCUT2D eigenvalue weighted by molar-refractivity contribution is 4.88. The third kappa shape index (κ3) is 0.392. The van der Waals surface area contributed by atoms with Crippen LogP contribution >= 0.6 is 0 Å². The zero-order valence-corrected chi connectivity index (χ0v) is 3.91. The Morgan fingerprint density at radius 1 is 1.29 bits per heavy atom. The van der Waals surface area contributed by atoms with Gasteiger partial charge >= 0.3 is 0 Å². The molecule has 0 unspecified atom stereocenters. The van der Waals surface area contributed by atoms with Gasteiger partial charge in [0.25, 0.3) is 0 Å². The first-order valence-corrected chi connectivity index (χ1v) is 2.53. The van der Waals surface area contributed by atoms with Crippen LogP contribution in [0.1, 0.15) is 22.0 Å². The van der Waals surface area contributed by atoms with Crippen molar-refractivity contribution in [1.82, 2.24) is 0 Å². The van der Waals surface area contributed by atoms with Crippen LogP contribution in [0.2, 0.25) is 0 Å². The van der Waals surface area contributed by atoms with Crippen molar-refractivity contribution >= 4 is 0 Å². The maximum atomic E-state index is 7.38. The van der Waals surface area contributed by atoms with Gasteiger partial charge in [-0.2, -0.15) is 10.2 Å². The minimum atomic E-state index is -0.299. The second kappa shape index (κ2) is 1.05.